The summed E-state index contributed by atoms with van der Waals surface area (Å²) in [6.07, 6.45) is 0.790. The van der Waals surface area contributed by atoms with Gasteiger partial charge in [0.15, 0.2) is 0 Å². The third-order valence-corrected chi connectivity index (χ3v) is 6.44. The number of sulfonamides is 1. The number of hydrogen-bond acceptors (Lipinski definition) is 6. The van der Waals surface area contributed by atoms with Crippen molar-refractivity contribution in [2.24, 2.45) is 0 Å². The topological polar surface area (TPSA) is 108 Å². The molecule has 29 heavy (non-hydrogen) atoms. The molecule has 0 radical (unpaired) electrons. The van der Waals surface area contributed by atoms with Gasteiger partial charge in [0.25, 0.3) is 5.91 Å². The third-order valence-electron chi connectivity index (χ3n) is 4.63. The van der Waals surface area contributed by atoms with Crippen LogP contribution in [0.1, 0.15) is 30.6 Å². The zero-order valence-corrected chi connectivity index (χ0v) is 18.2. The second kappa shape index (κ2) is 10.0. The molecule has 2 rings (SSSR count). The molecule has 1 aliphatic heterocycles. The van der Waals surface area contributed by atoms with Crippen LogP contribution in [0.25, 0.3) is 0 Å². The summed E-state index contributed by atoms with van der Waals surface area (Å²) < 4.78 is 31.5. The van der Waals surface area contributed by atoms with E-state index >= 15 is 0 Å². The van der Waals surface area contributed by atoms with Crippen LogP contribution in [0.15, 0.2) is 23.1 Å². The highest BCUT2D eigenvalue weighted by molar-refractivity contribution is 7.89. The van der Waals surface area contributed by atoms with Crippen LogP contribution in [-0.2, 0) is 19.6 Å². The molecule has 1 saturated heterocycles. The first-order valence-corrected chi connectivity index (χ1v) is 11.1. The molecule has 1 atom stereocenters. The van der Waals surface area contributed by atoms with Gasteiger partial charge >= 0.3 is 0 Å². The molecule has 162 valence electrons. The number of nitrogens with zero attached hydrogens (tertiary/aromatic N) is 2. The Hall–Kier alpha value is -2.17. The van der Waals surface area contributed by atoms with E-state index in [1.165, 1.54) is 26.2 Å². The van der Waals surface area contributed by atoms with E-state index in [9.17, 15) is 18.0 Å². The Morgan fingerprint density at radius 2 is 1.90 bits per heavy atom. The molecule has 1 heterocycles. The molecule has 1 aromatic carbocycles. The number of benzene rings is 1. The third kappa shape index (κ3) is 5.68. The number of carbonyl (C=O) groups is 2. The van der Waals surface area contributed by atoms with Crippen LogP contribution < -0.4 is 15.5 Å². The molecule has 0 saturated carbocycles. The fraction of sp³-hybridized carbons (Fsp3) is 0.579. The SMILES string of the molecule is CCCNC(=O)[C@@H](C)NC(=O)c1cc(S(=O)(=O)N(C)C)ccc1N1CCOCC1. The molecule has 1 aliphatic rings. The Balaban J connectivity index is 2.36. The highest BCUT2D eigenvalue weighted by atomic mass is 32.2. The van der Waals surface area contributed by atoms with Gasteiger partial charge in [0, 0.05) is 39.4 Å². The van der Waals surface area contributed by atoms with Crippen LogP contribution in [0.2, 0.25) is 0 Å². The van der Waals surface area contributed by atoms with Crippen molar-refractivity contribution in [3.63, 3.8) is 0 Å². The molecule has 10 heteroatoms. The quantitative estimate of drug-likeness (QED) is 0.624. The number of morpholine rings is 1. The van der Waals surface area contributed by atoms with Gasteiger partial charge in [-0.25, -0.2) is 12.7 Å². The Morgan fingerprint density at radius 1 is 1.24 bits per heavy atom. The molecule has 9 nitrogen and oxygen atoms in total. The van der Waals surface area contributed by atoms with Crippen molar-refractivity contribution in [3.8, 4) is 0 Å². The molecule has 0 bridgehead atoms. The van der Waals surface area contributed by atoms with E-state index < -0.39 is 22.0 Å². The standard InChI is InChI=1S/C19H30N4O5S/c1-5-8-20-18(24)14(2)21-19(25)16-13-15(29(26,27)22(3)4)6-7-17(16)23-9-11-28-12-10-23/h6-7,13-14H,5,8-12H2,1-4H3,(H,20,24)(H,21,25)/t14-/m1/s1. The van der Waals surface area contributed by atoms with Crippen molar-refractivity contribution < 1.29 is 22.7 Å². The monoisotopic (exact) mass is 426 g/mol. The lowest BCUT2D eigenvalue weighted by molar-refractivity contribution is -0.122. The van der Waals surface area contributed by atoms with E-state index in [0.717, 1.165) is 10.7 Å². The lowest BCUT2D eigenvalue weighted by Gasteiger charge is -2.31. The molecule has 0 unspecified atom stereocenters. The normalized spacial score (nSPS) is 15.8. The molecule has 2 amide bonds. The van der Waals surface area contributed by atoms with E-state index in [1.807, 2.05) is 11.8 Å². The second-order valence-electron chi connectivity index (χ2n) is 7.05. The zero-order chi connectivity index (χ0) is 21.6. The molecule has 2 N–H and O–H groups in total. The van der Waals surface area contributed by atoms with E-state index in [0.29, 0.717) is 38.5 Å². The van der Waals surface area contributed by atoms with Gasteiger partial charge in [0.05, 0.1) is 23.7 Å². The summed E-state index contributed by atoms with van der Waals surface area (Å²) >= 11 is 0. The van der Waals surface area contributed by atoms with Crippen LogP contribution in [0.5, 0.6) is 0 Å². The predicted molar refractivity (Wildman–Crippen MR) is 111 cm³/mol. The minimum atomic E-state index is -3.71. The molecule has 0 aromatic heterocycles. The summed E-state index contributed by atoms with van der Waals surface area (Å²) in [5.41, 5.74) is 0.828. The van der Waals surface area contributed by atoms with E-state index in [1.54, 1.807) is 13.0 Å². The number of amides is 2. The first kappa shape index (κ1) is 23.1. The molecular formula is C19H30N4O5S. The van der Waals surface area contributed by atoms with Crippen LogP contribution in [-0.4, -0.2) is 77.5 Å². The second-order valence-corrected chi connectivity index (χ2v) is 9.20. The van der Waals surface area contributed by atoms with Crippen molar-refractivity contribution in [1.29, 1.82) is 0 Å². The average molecular weight is 427 g/mol. The molecular weight excluding hydrogens is 396 g/mol. The largest absolute Gasteiger partial charge is 0.378 e. The van der Waals surface area contributed by atoms with E-state index in [2.05, 4.69) is 10.6 Å². The lowest BCUT2D eigenvalue weighted by atomic mass is 10.1. The van der Waals surface area contributed by atoms with Crippen molar-refractivity contribution >= 4 is 27.5 Å². The van der Waals surface area contributed by atoms with Gasteiger partial charge in [0.1, 0.15) is 6.04 Å². The van der Waals surface area contributed by atoms with Crippen molar-refractivity contribution in [3.05, 3.63) is 23.8 Å². The lowest BCUT2D eigenvalue weighted by Crippen LogP contribution is -2.45. The molecule has 0 aliphatic carbocycles. The number of nitrogens with one attached hydrogen (secondary N) is 2. The van der Waals surface area contributed by atoms with E-state index in [4.69, 9.17) is 4.74 Å². The Kier molecular flexibility index (Phi) is 8.00. The summed E-state index contributed by atoms with van der Waals surface area (Å²) in [7, 11) is -0.835. The highest BCUT2D eigenvalue weighted by Crippen LogP contribution is 2.26. The van der Waals surface area contributed by atoms with Crippen molar-refractivity contribution in [1.82, 2.24) is 14.9 Å². The fourth-order valence-corrected chi connectivity index (χ4v) is 3.82. The molecule has 1 fully saturated rings. The van der Waals surface area contributed by atoms with Gasteiger partial charge in [-0.05, 0) is 31.5 Å². The predicted octanol–water partition coefficient (Wildman–Crippen LogP) is 0.418. The van der Waals surface area contributed by atoms with Gasteiger partial charge in [-0.2, -0.15) is 0 Å². The number of anilines is 1. The summed E-state index contributed by atoms with van der Waals surface area (Å²) in [4.78, 5) is 27.1. The van der Waals surface area contributed by atoms with Gasteiger partial charge in [0.2, 0.25) is 15.9 Å². The van der Waals surface area contributed by atoms with Gasteiger partial charge < -0.3 is 20.3 Å². The van der Waals surface area contributed by atoms with Gasteiger partial charge in [-0.15, -0.1) is 0 Å². The van der Waals surface area contributed by atoms with Crippen LogP contribution in [0.3, 0.4) is 0 Å². The maximum Gasteiger partial charge on any atom is 0.254 e. The van der Waals surface area contributed by atoms with Crippen molar-refractivity contribution in [2.75, 3.05) is 51.8 Å². The Morgan fingerprint density at radius 3 is 2.48 bits per heavy atom. The number of hydrogen-bond donors (Lipinski definition) is 2. The van der Waals surface area contributed by atoms with Crippen LogP contribution in [0, 0.1) is 0 Å². The fourth-order valence-electron chi connectivity index (χ4n) is 2.89. The summed E-state index contributed by atoms with van der Waals surface area (Å²) in [5, 5.41) is 5.41. The zero-order valence-electron chi connectivity index (χ0n) is 17.4. The van der Waals surface area contributed by atoms with E-state index in [-0.39, 0.29) is 16.4 Å². The molecule has 0 spiro atoms. The highest BCUT2D eigenvalue weighted by Gasteiger charge is 2.25. The van der Waals surface area contributed by atoms with Gasteiger partial charge in [-0.3, -0.25) is 9.59 Å². The molecule has 1 aromatic rings. The van der Waals surface area contributed by atoms with Gasteiger partial charge in [-0.1, -0.05) is 6.92 Å². The number of rotatable bonds is 8. The summed E-state index contributed by atoms with van der Waals surface area (Å²) in [6, 6.07) is 3.75. The number of carbonyl (C=O) groups excluding carboxylic acids is 2. The van der Waals surface area contributed by atoms with Crippen molar-refractivity contribution in [2.45, 2.75) is 31.2 Å². The average Bonchev–Trinajstić information content (AvgIpc) is 2.71. The summed E-state index contributed by atoms with van der Waals surface area (Å²) in [5.74, 6) is -0.786. The minimum Gasteiger partial charge on any atom is -0.378 e. The first-order chi connectivity index (χ1) is 13.7. The first-order valence-electron chi connectivity index (χ1n) is 9.66. The Labute approximate surface area is 172 Å². The van der Waals surface area contributed by atoms with Crippen LogP contribution >= 0.6 is 0 Å². The number of ether oxygens (including phenoxy) is 1. The minimum absolute atomic E-state index is 0.0211. The summed E-state index contributed by atoms with van der Waals surface area (Å²) in [6.45, 7) is 6.28. The van der Waals surface area contributed by atoms with Crippen LogP contribution in [0.4, 0.5) is 5.69 Å². The smallest absolute Gasteiger partial charge is 0.254 e. The maximum atomic E-state index is 13.0. The Bertz CT molecular complexity index is 835. The maximum absolute atomic E-state index is 13.0.